The standard InChI is InChI=1S/C19H21N5O2/c1-3-23(4-2)19(26)17-22-16(15-7-5-6-12-24(15)17)18(25)21-13-14-8-10-20-11-9-14/h5-12H,3-4,13H2,1-2H3,(H,21,25). The van der Waals surface area contributed by atoms with E-state index < -0.39 is 0 Å². The fourth-order valence-electron chi connectivity index (χ4n) is 2.77. The van der Waals surface area contributed by atoms with E-state index in [9.17, 15) is 9.59 Å². The molecule has 3 rings (SSSR count). The molecule has 134 valence electrons. The van der Waals surface area contributed by atoms with Crippen LogP contribution in [0.15, 0.2) is 48.9 Å². The molecule has 0 unspecified atom stereocenters. The zero-order valence-electron chi connectivity index (χ0n) is 14.8. The zero-order chi connectivity index (χ0) is 18.5. The fraction of sp³-hybridized carbons (Fsp3) is 0.263. The van der Waals surface area contributed by atoms with E-state index in [2.05, 4.69) is 15.3 Å². The Bertz CT molecular complexity index is 916. The molecule has 0 bridgehead atoms. The zero-order valence-corrected chi connectivity index (χ0v) is 14.8. The second-order valence-electron chi connectivity index (χ2n) is 5.76. The predicted octanol–water partition coefficient (Wildman–Crippen LogP) is 2.14. The maximum absolute atomic E-state index is 12.7. The summed E-state index contributed by atoms with van der Waals surface area (Å²) in [5.41, 5.74) is 1.79. The first-order chi connectivity index (χ1) is 12.7. The molecule has 0 aromatic carbocycles. The Morgan fingerprint density at radius 3 is 2.54 bits per heavy atom. The van der Waals surface area contributed by atoms with E-state index in [4.69, 9.17) is 0 Å². The molecule has 7 nitrogen and oxygen atoms in total. The number of carbonyl (C=O) groups is 2. The molecular formula is C19H21N5O2. The summed E-state index contributed by atoms with van der Waals surface area (Å²) in [5, 5.41) is 2.85. The van der Waals surface area contributed by atoms with E-state index in [1.807, 2.05) is 38.1 Å². The molecule has 0 atom stereocenters. The summed E-state index contributed by atoms with van der Waals surface area (Å²) >= 11 is 0. The summed E-state index contributed by atoms with van der Waals surface area (Å²) in [6.45, 7) is 5.37. The van der Waals surface area contributed by atoms with Gasteiger partial charge in [0.25, 0.3) is 11.8 Å². The molecule has 0 aliphatic heterocycles. The minimum atomic E-state index is -0.316. The summed E-state index contributed by atoms with van der Waals surface area (Å²) in [6, 6.07) is 9.09. The van der Waals surface area contributed by atoms with Crippen LogP contribution in [0, 0.1) is 0 Å². The number of aromatic nitrogens is 3. The average Bonchev–Trinajstić information content (AvgIpc) is 3.07. The Kier molecular flexibility index (Phi) is 5.26. The maximum Gasteiger partial charge on any atom is 0.290 e. The number of fused-ring (bicyclic) bond motifs is 1. The number of nitrogens with zero attached hydrogens (tertiary/aromatic N) is 4. The smallest absolute Gasteiger partial charge is 0.290 e. The number of pyridine rings is 2. The minimum absolute atomic E-state index is 0.190. The van der Waals surface area contributed by atoms with Crippen molar-refractivity contribution in [2.24, 2.45) is 0 Å². The quantitative estimate of drug-likeness (QED) is 0.738. The van der Waals surface area contributed by atoms with E-state index in [1.54, 1.807) is 34.0 Å². The van der Waals surface area contributed by atoms with E-state index in [-0.39, 0.29) is 23.3 Å². The van der Waals surface area contributed by atoms with Crippen LogP contribution in [0.1, 0.15) is 40.5 Å². The first kappa shape index (κ1) is 17.6. The topological polar surface area (TPSA) is 79.6 Å². The molecule has 0 saturated heterocycles. The van der Waals surface area contributed by atoms with Crippen LogP contribution in [-0.2, 0) is 6.54 Å². The summed E-state index contributed by atoms with van der Waals surface area (Å²) in [6.07, 6.45) is 5.10. The second-order valence-corrected chi connectivity index (χ2v) is 5.76. The van der Waals surface area contributed by atoms with Crippen LogP contribution < -0.4 is 5.32 Å². The van der Waals surface area contributed by atoms with Gasteiger partial charge >= 0.3 is 0 Å². The van der Waals surface area contributed by atoms with Gasteiger partial charge in [0.2, 0.25) is 5.82 Å². The van der Waals surface area contributed by atoms with E-state index in [1.165, 1.54) is 0 Å². The van der Waals surface area contributed by atoms with Crippen molar-refractivity contribution in [2.45, 2.75) is 20.4 Å². The normalized spacial score (nSPS) is 10.7. The third kappa shape index (κ3) is 3.42. The van der Waals surface area contributed by atoms with E-state index >= 15 is 0 Å². The number of hydrogen-bond donors (Lipinski definition) is 1. The van der Waals surface area contributed by atoms with Gasteiger partial charge in [0.05, 0.1) is 5.52 Å². The lowest BCUT2D eigenvalue weighted by atomic mass is 10.2. The van der Waals surface area contributed by atoms with Gasteiger partial charge < -0.3 is 10.2 Å². The number of nitrogens with one attached hydrogen (secondary N) is 1. The monoisotopic (exact) mass is 351 g/mol. The van der Waals surface area contributed by atoms with Crippen molar-refractivity contribution < 1.29 is 9.59 Å². The molecule has 3 aromatic rings. The van der Waals surface area contributed by atoms with Crippen LogP contribution in [0.25, 0.3) is 5.52 Å². The van der Waals surface area contributed by atoms with Crippen LogP contribution in [0.3, 0.4) is 0 Å². The van der Waals surface area contributed by atoms with Crippen LogP contribution in [-0.4, -0.2) is 44.2 Å². The van der Waals surface area contributed by atoms with Crippen molar-refractivity contribution in [3.05, 3.63) is 66.0 Å². The molecule has 0 radical (unpaired) electrons. The van der Waals surface area contributed by atoms with Crippen molar-refractivity contribution in [3.8, 4) is 0 Å². The van der Waals surface area contributed by atoms with Crippen molar-refractivity contribution in [1.82, 2.24) is 24.6 Å². The Morgan fingerprint density at radius 1 is 1.12 bits per heavy atom. The van der Waals surface area contributed by atoms with Crippen molar-refractivity contribution in [1.29, 1.82) is 0 Å². The van der Waals surface area contributed by atoms with Gasteiger partial charge in [0.15, 0.2) is 5.69 Å². The third-order valence-corrected chi connectivity index (χ3v) is 4.21. The lowest BCUT2D eigenvalue weighted by molar-refractivity contribution is 0.0760. The van der Waals surface area contributed by atoms with Gasteiger partial charge in [-0.15, -0.1) is 0 Å². The summed E-state index contributed by atoms with van der Waals surface area (Å²) in [5.74, 6) is -0.258. The molecule has 7 heteroatoms. The minimum Gasteiger partial charge on any atom is -0.347 e. The molecule has 0 spiro atoms. The molecule has 3 heterocycles. The highest BCUT2D eigenvalue weighted by atomic mass is 16.2. The molecule has 0 fully saturated rings. The predicted molar refractivity (Wildman–Crippen MR) is 97.9 cm³/mol. The van der Waals surface area contributed by atoms with Gasteiger partial charge in [-0.25, -0.2) is 4.98 Å². The van der Waals surface area contributed by atoms with Crippen molar-refractivity contribution in [3.63, 3.8) is 0 Å². The van der Waals surface area contributed by atoms with Crippen molar-refractivity contribution >= 4 is 17.3 Å². The van der Waals surface area contributed by atoms with Gasteiger partial charge in [-0.05, 0) is 43.7 Å². The molecular weight excluding hydrogens is 330 g/mol. The SMILES string of the molecule is CCN(CC)C(=O)c1nc(C(=O)NCc2ccncc2)c2ccccn12. The molecule has 3 aromatic heterocycles. The summed E-state index contributed by atoms with van der Waals surface area (Å²) in [4.78, 5) is 35.4. The number of imidazole rings is 1. The highest BCUT2D eigenvalue weighted by molar-refractivity contribution is 6.02. The average molecular weight is 351 g/mol. The van der Waals surface area contributed by atoms with Crippen LogP contribution in [0.4, 0.5) is 0 Å². The Hall–Kier alpha value is -3.22. The second kappa shape index (κ2) is 7.77. The number of amides is 2. The summed E-state index contributed by atoms with van der Waals surface area (Å²) in [7, 11) is 0. The lowest BCUT2D eigenvalue weighted by Crippen LogP contribution is -2.32. The van der Waals surface area contributed by atoms with Crippen LogP contribution in [0.5, 0.6) is 0 Å². The first-order valence-electron chi connectivity index (χ1n) is 8.59. The van der Waals surface area contributed by atoms with Gasteiger partial charge in [-0.1, -0.05) is 6.07 Å². The molecule has 1 N–H and O–H groups in total. The molecule has 2 amide bonds. The van der Waals surface area contributed by atoms with Gasteiger partial charge in [-0.3, -0.25) is 19.0 Å². The summed E-state index contributed by atoms with van der Waals surface area (Å²) < 4.78 is 1.67. The van der Waals surface area contributed by atoms with Crippen LogP contribution in [0.2, 0.25) is 0 Å². The maximum atomic E-state index is 12.7. The lowest BCUT2D eigenvalue weighted by Gasteiger charge is -2.17. The largest absolute Gasteiger partial charge is 0.347 e. The Morgan fingerprint density at radius 2 is 1.85 bits per heavy atom. The Labute approximate surface area is 151 Å². The highest BCUT2D eigenvalue weighted by Crippen LogP contribution is 2.15. The van der Waals surface area contributed by atoms with Gasteiger partial charge in [-0.2, -0.15) is 0 Å². The molecule has 26 heavy (non-hydrogen) atoms. The fourth-order valence-corrected chi connectivity index (χ4v) is 2.77. The Balaban J connectivity index is 1.91. The first-order valence-corrected chi connectivity index (χ1v) is 8.59. The van der Waals surface area contributed by atoms with E-state index in [0.29, 0.717) is 25.2 Å². The molecule has 0 aliphatic rings. The molecule has 0 saturated carbocycles. The number of carbonyl (C=O) groups excluding carboxylic acids is 2. The molecule has 0 aliphatic carbocycles. The van der Waals surface area contributed by atoms with Gasteiger partial charge in [0.1, 0.15) is 0 Å². The van der Waals surface area contributed by atoms with Gasteiger partial charge in [0, 0.05) is 38.2 Å². The number of rotatable bonds is 6. The number of hydrogen-bond acceptors (Lipinski definition) is 4. The highest BCUT2D eigenvalue weighted by Gasteiger charge is 2.23. The van der Waals surface area contributed by atoms with Crippen LogP contribution >= 0.6 is 0 Å². The van der Waals surface area contributed by atoms with Crippen molar-refractivity contribution in [2.75, 3.05) is 13.1 Å². The van der Waals surface area contributed by atoms with E-state index in [0.717, 1.165) is 5.56 Å². The third-order valence-electron chi connectivity index (χ3n) is 4.21.